The third-order valence-corrected chi connectivity index (χ3v) is 4.74. The molecule has 1 unspecified atom stereocenters. The normalized spacial score (nSPS) is 12.9. The zero-order valence-electron chi connectivity index (χ0n) is 16.7. The molecule has 2 aromatic rings. The summed E-state index contributed by atoms with van der Waals surface area (Å²) in [6.07, 6.45) is 0.715. The molecule has 0 aromatic heterocycles. The molecule has 6 nitrogen and oxygen atoms in total. The molecular formula is C23H27NO5. The maximum atomic E-state index is 13.2. The lowest BCUT2D eigenvalue weighted by molar-refractivity contribution is -0.149. The molecule has 0 bridgehead atoms. The van der Waals surface area contributed by atoms with Gasteiger partial charge >= 0.3 is 11.9 Å². The summed E-state index contributed by atoms with van der Waals surface area (Å²) in [6.45, 7) is 3.70. The van der Waals surface area contributed by atoms with E-state index in [1.165, 1.54) is 0 Å². The van der Waals surface area contributed by atoms with Gasteiger partial charge in [-0.05, 0) is 42.9 Å². The summed E-state index contributed by atoms with van der Waals surface area (Å²) in [7, 11) is 0. The van der Waals surface area contributed by atoms with Gasteiger partial charge in [-0.15, -0.1) is 0 Å². The quantitative estimate of drug-likeness (QED) is 0.637. The van der Waals surface area contributed by atoms with E-state index in [1.54, 1.807) is 30.3 Å². The summed E-state index contributed by atoms with van der Waals surface area (Å²) in [5.41, 5.74) is 1.20. The summed E-state index contributed by atoms with van der Waals surface area (Å²) in [5, 5.41) is 19.7. The first kappa shape index (κ1) is 22.1. The molecule has 0 aliphatic carbocycles. The van der Waals surface area contributed by atoms with E-state index in [4.69, 9.17) is 0 Å². The van der Waals surface area contributed by atoms with Gasteiger partial charge in [0.2, 0.25) is 0 Å². The lowest BCUT2D eigenvalue weighted by Gasteiger charge is -2.35. The fraction of sp³-hybridized carbons (Fsp3) is 0.348. The molecule has 2 rings (SSSR count). The van der Waals surface area contributed by atoms with Gasteiger partial charge in [-0.1, -0.05) is 62.4 Å². The Hall–Kier alpha value is -3.15. The van der Waals surface area contributed by atoms with Crippen molar-refractivity contribution in [3.63, 3.8) is 0 Å². The predicted molar refractivity (Wildman–Crippen MR) is 110 cm³/mol. The Morgan fingerprint density at radius 1 is 0.828 bits per heavy atom. The maximum absolute atomic E-state index is 13.2. The Bertz CT molecular complexity index is 820. The van der Waals surface area contributed by atoms with Gasteiger partial charge in [-0.3, -0.25) is 4.79 Å². The van der Waals surface area contributed by atoms with E-state index in [-0.39, 0.29) is 24.3 Å². The topological polar surface area (TPSA) is 94.9 Å². The van der Waals surface area contributed by atoms with Crippen LogP contribution in [0.3, 0.4) is 0 Å². The average molecular weight is 397 g/mol. The van der Waals surface area contributed by atoms with Crippen molar-refractivity contribution >= 4 is 17.8 Å². The minimum Gasteiger partial charge on any atom is -0.480 e. The van der Waals surface area contributed by atoms with E-state index >= 15 is 0 Å². The molecule has 0 spiro atoms. The summed E-state index contributed by atoms with van der Waals surface area (Å²) in [5.74, 6) is -3.01. The largest absolute Gasteiger partial charge is 0.480 e. The highest BCUT2D eigenvalue weighted by Crippen LogP contribution is 2.22. The van der Waals surface area contributed by atoms with Crippen LogP contribution < -0.4 is 0 Å². The van der Waals surface area contributed by atoms with E-state index in [2.05, 4.69) is 0 Å². The number of hydrogen-bond donors (Lipinski definition) is 2. The van der Waals surface area contributed by atoms with Crippen LogP contribution in [0.15, 0.2) is 60.7 Å². The van der Waals surface area contributed by atoms with E-state index in [9.17, 15) is 24.6 Å². The number of carboxylic acid groups (broad SMARTS) is 2. The molecular weight excluding hydrogens is 370 g/mol. The molecule has 0 aliphatic heterocycles. The number of carbonyl (C=O) groups is 3. The van der Waals surface area contributed by atoms with E-state index in [1.807, 2.05) is 44.2 Å². The first-order valence-electron chi connectivity index (χ1n) is 9.68. The molecule has 2 N–H and O–H groups in total. The molecule has 0 fully saturated rings. The van der Waals surface area contributed by atoms with Crippen LogP contribution in [-0.2, 0) is 16.0 Å². The Kier molecular flexibility index (Phi) is 7.95. The smallest absolute Gasteiger partial charge is 0.326 e. The number of aliphatic carboxylic acids is 2. The Morgan fingerprint density at radius 2 is 1.34 bits per heavy atom. The second-order valence-corrected chi connectivity index (χ2v) is 7.44. The molecule has 29 heavy (non-hydrogen) atoms. The predicted octanol–water partition coefficient (Wildman–Crippen LogP) is 3.71. The second kappa shape index (κ2) is 10.4. The molecule has 0 saturated carbocycles. The first-order valence-corrected chi connectivity index (χ1v) is 9.68. The Labute approximate surface area is 170 Å². The van der Waals surface area contributed by atoms with Gasteiger partial charge in [0.15, 0.2) is 0 Å². The van der Waals surface area contributed by atoms with Crippen LogP contribution in [0.2, 0.25) is 0 Å². The average Bonchev–Trinajstić information content (AvgIpc) is 2.70. The number of carbonyl (C=O) groups excluding carboxylic acids is 1. The lowest BCUT2D eigenvalue weighted by atomic mass is 9.96. The van der Waals surface area contributed by atoms with Gasteiger partial charge in [-0.2, -0.15) is 0 Å². The van der Waals surface area contributed by atoms with Gasteiger partial charge in [-0.25, -0.2) is 9.59 Å². The summed E-state index contributed by atoms with van der Waals surface area (Å²) >= 11 is 0. The maximum Gasteiger partial charge on any atom is 0.326 e. The Morgan fingerprint density at radius 3 is 1.83 bits per heavy atom. The molecule has 0 saturated heterocycles. The molecule has 2 aromatic carbocycles. The fourth-order valence-electron chi connectivity index (χ4n) is 3.34. The van der Waals surface area contributed by atoms with Crippen molar-refractivity contribution in [1.29, 1.82) is 0 Å². The van der Waals surface area contributed by atoms with Crippen molar-refractivity contribution in [3.05, 3.63) is 71.8 Å². The molecule has 154 valence electrons. The van der Waals surface area contributed by atoms with Crippen LogP contribution in [0.25, 0.3) is 0 Å². The zero-order valence-corrected chi connectivity index (χ0v) is 16.7. The van der Waals surface area contributed by atoms with Crippen LogP contribution in [0.4, 0.5) is 0 Å². The van der Waals surface area contributed by atoms with Crippen molar-refractivity contribution in [1.82, 2.24) is 4.90 Å². The van der Waals surface area contributed by atoms with Crippen molar-refractivity contribution in [3.8, 4) is 0 Å². The van der Waals surface area contributed by atoms with Crippen LogP contribution >= 0.6 is 0 Å². The number of aryl methyl sites for hydroxylation is 1. The van der Waals surface area contributed by atoms with Gasteiger partial charge in [0.1, 0.15) is 12.1 Å². The number of benzene rings is 2. The standard InChI is InChI=1S/C23H27NO5/c1-16(2)15-20(23(28)29)24(21(25)18-11-7-4-8-12-18)19(22(26)27)14-13-17-9-5-3-6-10-17/h3-12,16,19-20H,13-15H2,1-2H3,(H,26,27)(H,28,29)/t19?,20-/m0/s1. The number of amides is 1. The van der Waals surface area contributed by atoms with Crippen molar-refractivity contribution in [2.75, 3.05) is 0 Å². The van der Waals surface area contributed by atoms with Crippen LogP contribution in [-0.4, -0.2) is 45.0 Å². The third-order valence-electron chi connectivity index (χ3n) is 4.74. The summed E-state index contributed by atoms with van der Waals surface area (Å²) in [6, 6.07) is 15.1. The molecule has 1 amide bonds. The highest BCUT2D eigenvalue weighted by Gasteiger charge is 2.39. The molecule has 0 heterocycles. The zero-order chi connectivity index (χ0) is 21.4. The summed E-state index contributed by atoms with van der Waals surface area (Å²) < 4.78 is 0. The van der Waals surface area contributed by atoms with Gasteiger partial charge in [0.25, 0.3) is 5.91 Å². The minimum atomic E-state index is -1.25. The summed E-state index contributed by atoms with van der Waals surface area (Å²) in [4.78, 5) is 38.4. The van der Waals surface area contributed by atoms with E-state index in [0.717, 1.165) is 10.5 Å². The molecule has 6 heteroatoms. The highest BCUT2D eigenvalue weighted by molar-refractivity contribution is 5.99. The van der Waals surface area contributed by atoms with E-state index < -0.39 is 29.9 Å². The number of rotatable bonds is 10. The van der Waals surface area contributed by atoms with E-state index in [0.29, 0.717) is 6.42 Å². The SMILES string of the molecule is CC(C)C[C@@H](C(=O)O)N(C(=O)c1ccccc1)C(CCc1ccccc1)C(=O)O. The lowest BCUT2D eigenvalue weighted by Crippen LogP contribution is -2.54. The van der Waals surface area contributed by atoms with Crippen molar-refractivity contribution in [2.24, 2.45) is 5.92 Å². The number of carboxylic acids is 2. The molecule has 0 aliphatic rings. The molecule has 2 atom stereocenters. The highest BCUT2D eigenvalue weighted by atomic mass is 16.4. The van der Waals surface area contributed by atoms with Crippen LogP contribution in [0.5, 0.6) is 0 Å². The van der Waals surface area contributed by atoms with Gasteiger partial charge in [0.05, 0.1) is 0 Å². The molecule has 0 radical (unpaired) electrons. The van der Waals surface area contributed by atoms with Gasteiger partial charge < -0.3 is 15.1 Å². The second-order valence-electron chi connectivity index (χ2n) is 7.44. The monoisotopic (exact) mass is 397 g/mol. The van der Waals surface area contributed by atoms with Crippen LogP contribution in [0.1, 0.15) is 42.6 Å². The van der Waals surface area contributed by atoms with Crippen LogP contribution in [0, 0.1) is 5.92 Å². The third kappa shape index (κ3) is 6.17. The fourth-order valence-corrected chi connectivity index (χ4v) is 3.34. The van der Waals surface area contributed by atoms with Gasteiger partial charge in [0, 0.05) is 5.56 Å². The number of hydrogen-bond acceptors (Lipinski definition) is 3. The number of nitrogens with zero attached hydrogens (tertiary/aromatic N) is 1. The minimum absolute atomic E-state index is 0.0225. The van der Waals surface area contributed by atoms with Crippen molar-refractivity contribution < 1.29 is 24.6 Å². The van der Waals surface area contributed by atoms with Crippen molar-refractivity contribution in [2.45, 2.75) is 45.2 Å². The Balaban J connectivity index is 2.41. The first-order chi connectivity index (χ1) is 13.8.